The summed E-state index contributed by atoms with van der Waals surface area (Å²) in [6.07, 6.45) is 1.16. The van der Waals surface area contributed by atoms with E-state index in [4.69, 9.17) is 13.6 Å². The van der Waals surface area contributed by atoms with E-state index in [1.165, 1.54) is 0 Å². The first-order valence-corrected chi connectivity index (χ1v) is 13.6. The summed E-state index contributed by atoms with van der Waals surface area (Å²) < 4.78 is 40.3. The molecule has 0 aliphatic carbocycles. The molecule has 0 saturated carbocycles. The van der Waals surface area contributed by atoms with Gasteiger partial charge in [-0.05, 0) is 74.4 Å². The van der Waals surface area contributed by atoms with Gasteiger partial charge in [-0.15, -0.1) is 0 Å². The lowest BCUT2D eigenvalue weighted by atomic mass is 10.1. The van der Waals surface area contributed by atoms with Gasteiger partial charge in [0.05, 0.1) is 24.0 Å². The molecule has 0 radical (unpaired) electrons. The molecular weight excluding hydrogens is 405 g/mol. The largest absolute Gasteiger partial charge is 0.343 e. The van der Waals surface area contributed by atoms with Gasteiger partial charge in [-0.3, -0.25) is 9.13 Å². The van der Waals surface area contributed by atoms with Crippen LogP contribution in [0.25, 0.3) is 0 Å². The molecule has 0 heterocycles. The summed E-state index contributed by atoms with van der Waals surface area (Å²) in [5, 5.41) is -0.787. The molecule has 0 saturated heterocycles. The lowest BCUT2D eigenvalue weighted by Crippen LogP contribution is -2.17. The molecule has 9 heteroatoms. The molecule has 3 atom stereocenters. The van der Waals surface area contributed by atoms with E-state index >= 15 is 0 Å². The summed E-state index contributed by atoms with van der Waals surface area (Å²) in [5.41, 5.74) is 1.52. The van der Waals surface area contributed by atoms with Crippen molar-refractivity contribution in [1.29, 1.82) is 0 Å². The average molecular weight is 438 g/mol. The maximum atomic E-state index is 12.2. The third-order valence-electron chi connectivity index (χ3n) is 3.59. The maximum Gasteiger partial charge on any atom is 0.343 e. The van der Waals surface area contributed by atoms with E-state index in [-0.39, 0.29) is 6.61 Å². The summed E-state index contributed by atoms with van der Waals surface area (Å²) in [6.45, 7) is 11.0. The van der Waals surface area contributed by atoms with Crippen LogP contribution in [0.5, 0.6) is 0 Å². The second-order valence-electron chi connectivity index (χ2n) is 8.42. The number of hydrogen-bond donors (Lipinski definition) is 1. The first-order valence-electron chi connectivity index (χ1n) is 8.90. The molecule has 6 nitrogen and oxygen atoms in total. The molecule has 3 unspecified atom stereocenters. The van der Waals surface area contributed by atoms with E-state index in [1.807, 2.05) is 45.0 Å². The Morgan fingerprint density at radius 1 is 0.889 bits per heavy atom. The third-order valence-corrected chi connectivity index (χ3v) is 7.93. The number of hydrogen-bond acceptors (Lipinski definition) is 5. The highest BCUT2D eigenvalue weighted by Crippen LogP contribution is 2.59. The fourth-order valence-electron chi connectivity index (χ4n) is 2.05. The molecule has 1 aromatic rings. The average Bonchev–Trinajstić information content (AvgIpc) is 2.45. The monoisotopic (exact) mass is 438 g/mol. The van der Waals surface area contributed by atoms with Gasteiger partial charge in [0.25, 0.3) is 0 Å². The minimum absolute atomic E-state index is 0.188. The number of rotatable bonds is 9. The number of benzene rings is 1. The van der Waals surface area contributed by atoms with E-state index in [0.717, 1.165) is 11.1 Å². The van der Waals surface area contributed by atoms with Crippen LogP contribution in [-0.4, -0.2) is 28.9 Å². The van der Waals surface area contributed by atoms with Gasteiger partial charge in [0.2, 0.25) is 0 Å². The summed E-state index contributed by atoms with van der Waals surface area (Å²) in [7, 11) is -4.62. The van der Waals surface area contributed by atoms with Crippen LogP contribution in [0.15, 0.2) is 24.3 Å². The summed E-state index contributed by atoms with van der Waals surface area (Å²) in [6, 6.07) is 7.81. The lowest BCUT2D eigenvalue weighted by molar-refractivity contribution is 0.105. The lowest BCUT2D eigenvalue weighted by Gasteiger charge is -2.25. The molecule has 1 aromatic carbocycles. The Bertz CT molecular complexity index is 689. The van der Waals surface area contributed by atoms with Crippen LogP contribution >= 0.6 is 23.8 Å². The van der Waals surface area contributed by atoms with Gasteiger partial charge in [0, 0.05) is 0 Å². The third kappa shape index (κ3) is 9.81. The molecular formula is C18H33O6P3. The SMILES string of the molecule is CC(C)(C)OP(=O)(P)OCCc1ccc(CCOP(=O)(O)C(C)(C)C)cc1. The van der Waals surface area contributed by atoms with Crippen molar-refractivity contribution >= 4 is 23.8 Å². The smallest absolute Gasteiger partial charge is 0.324 e. The van der Waals surface area contributed by atoms with Crippen molar-refractivity contribution in [1.82, 2.24) is 0 Å². The van der Waals surface area contributed by atoms with Crippen molar-refractivity contribution in [2.75, 3.05) is 13.2 Å². The summed E-state index contributed by atoms with van der Waals surface area (Å²) >= 11 is 0. The maximum absolute atomic E-state index is 12.2. The molecule has 0 aromatic heterocycles. The quantitative estimate of drug-likeness (QED) is 0.507. The molecule has 0 fully saturated rings. The molecule has 0 amide bonds. The van der Waals surface area contributed by atoms with Crippen molar-refractivity contribution in [3.8, 4) is 0 Å². The second kappa shape index (κ2) is 9.63. The van der Waals surface area contributed by atoms with Gasteiger partial charge in [-0.2, -0.15) is 0 Å². The molecule has 0 aliphatic heterocycles. The normalized spacial score (nSPS) is 17.3. The van der Waals surface area contributed by atoms with Crippen molar-refractivity contribution in [3.63, 3.8) is 0 Å². The minimum atomic E-state index is -3.63. The van der Waals surface area contributed by atoms with Crippen LogP contribution in [0.2, 0.25) is 0 Å². The Morgan fingerprint density at radius 2 is 1.30 bits per heavy atom. The van der Waals surface area contributed by atoms with Crippen LogP contribution in [0, 0.1) is 0 Å². The van der Waals surface area contributed by atoms with Crippen LogP contribution in [0.3, 0.4) is 0 Å². The van der Waals surface area contributed by atoms with Gasteiger partial charge in [-0.25, -0.2) is 0 Å². The van der Waals surface area contributed by atoms with Gasteiger partial charge >= 0.3 is 14.9 Å². The fraction of sp³-hybridized carbons (Fsp3) is 0.667. The molecule has 0 spiro atoms. The van der Waals surface area contributed by atoms with E-state index in [9.17, 15) is 14.0 Å². The standard InChI is InChI=1S/C18H33O6P3/c1-17(2,3)24-27(21,25)23-14-12-16-9-7-15(8-10-16)11-13-22-26(19,20)18(4,5)6/h7-10H,11-14,25H2,1-6H3,(H,19,20). The van der Waals surface area contributed by atoms with Crippen molar-refractivity contribution in [2.45, 2.75) is 65.1 Å². The van der Waals surface area contributed by atoms with Crippen molar-refractivity contribution < 1.29 is 27.6 Å². The van der Waals surface area contributed by atoms with Gasteiger partial charge in [0.1, 0.15) is 0 Å². The molecule has 0 aliphatic rings. The first-order chi connectivity index (χ1) is 12.1. The van der Waals surface area contributed by atoms with Crippen LogP contribution in [0.4, 0.5) is 0 Å². The topological polar surface area (TPSA) is 82.1 Å². The Kier molecular flexibility index (Phi) is 8.92. The summed E-state index contributed by atoms with van der Waals surface area (Å²) in [4.78, 5) is 9.89. The Labute approximate surface area is 165 Å². The predicted molar refractivity (Wildman–Crippen MR) is 113 cm³/mol. The zero-order valence-electron chi connectivity index (χ0n) is 17.1. The van der Waals surface area contributed by atoms with Gasteiger partial charge < -0.3 is 18.5 Å². The zero-order valence-corrected chi connectivity index (χ0v) is 20.0. The molecule has 1 N–H and O–H groups in total. The Morgan fingerprint density at radius 3 is 1.67 bits per heavy atom. The van der Waals surface area contributed by atoms with Gasteiger partial charge in [-0.1, -0.05) is 24.3 Å². The van der Waals surface area contributed by atoms with E-state index in [0.29, 0.717) is 19.4 Å². The van der Waals surface area contributed by atoms with Gasteiger partial charge in [0.15, 0.2) is 0 Å². The van der Waals surface area contributed by atoms with E-state index < -0.39 is 25.6 Å². The molecule has 1 rings (SSSR count). The zero-order chi connectivity index (χ0) is 20.9. The molecule has 27 heavy (non-hydrogen) atoms. The van der Waals surface area contributed by atoms with Crippen LogP contribution in [0.1, 0.15) is 52.7 Å². The van der Waals surface area contributed by atoms with E-state index in [2.05, 4.69) is 8.93 Å². The highest BCUT2D eigenvalue weighted by molar-refractivity contribution is 8.12. The first kappa shape index (κ1) is 25.0. The van der Waals surface area contributed by atoms with E-state index in [1.54, 1.807) is 20.8 Å². The van der Waals surface area contributed by atoms with Crippen molar-refractivity contribution in [2.24, 2.45) is 0 Å². The fourth-order valence-corrected chi connectivity index (χ4v) is 5.21. The minimum Gasteiger partial charge on any atom is -0.324 e. The molecule has 156 valence electrons. The van der Waals surface area contributed by atoms with Crippen LogP contribution in [-0.2, 0) is 35.5 Å². The second-order valence-corrected chi connectivity index (χ2v) is 14.5. The Balaban J connectivity index is 2.44. The predicted octanol–water partition coefficient (Wildman–Crippen LogP) is 5.59. The summed E-state index contributed by atoms with van der Waals surface area (Å²) in [5.74, 6) is 0. The Hall–Kier alpha value is -0.0500. The molecule has 0 bridgehead atoms. The van der Waals surface area contributed by atoms with Crippen LogP contribution < -0.4 is 0 Å². The van der Waals surface area contributed by atoms with Crippen molar-refractivity contribution in [3.05, 3.63) is 35.4 Å². The highest BCUT2D eigenvalue weighted by Gasteiger charge is 2.35. The highest BCUT2D eigenvalue weighted by atomic mass is 32.1.